The molecule has 0 unspecified atom stereocenters. The third-order valence-corrected chi connectivity index (χ3v) is 6.51. The number of carbonyl (C=O) groups is 2. The normalized spacial score (nSPS) is 12.2. The number of hydrogen-bond donors (Lipinski definition) is 2. The summed E-state index contributed by atoms with van der Waals surface area (Å²) in [6.07, 6.45) is -13.2. The second kappa shape index (κ2) is 12.5. The van der Waals surface area contributed by atoms with E-state index in [0.29, 0.717) is 0 Å². The van der Waals surface area contributed by atoms with Gasteiger partial charge in [0.25, 0.3) is 11.8 Å². The quantitative estimate of drug-likeness (QED) is 0.230. The lowest BCUT2D eigenvalue weighted by atomic mass is 9.93. The van der Waals surface area contributed by atoms with Crippen molar-refractivity contribution < 1.29 is 63.0 Å². The van der Waals surface area contributed by atoms with Crippen LogP contribution in [0.2, 0.25) is 5.02 Å². The smallest absolute Gasteiger partial charge is 0.435 e. The average Bonchev–Trinajstić information content (AvgIpc) is 2.87. The number of amides is 2. The van der Waals surface area contributed by atoms with E-state index in [1.54, 1.807) is 0 Å². The number of anilines is 2. The van der Waals surface area contributed by atoms with Crippen LogP contribution in [0.5, 0.6) is 11.5 Å². The van der Waals surface area contributed by atoms with E-state index in [9.17, 15) is 53.5 Å². The molecular formula is C25H14BrClF10N2O4. The van der Waals surface area contributed by atoms with Crippen molar-refractivity contribution in [1.82, 2.24) is 0 Å². The topological polar surface area (TPSA) is 76.7 Å². The molecule has 3 rings (SSSR count). The van der Waals surface area contributed by atoms with Crippen LogP contribution in [-0.2, 0) is 5.67 Å². The zero-order valence-electron chi connectivity index (χ0n) is 20.9. The second-order valence-electron chi connectivity index (χ2n) is 8.28. The summed E-state index contributed by atoms with van der Waals surface area (Å²) in [7, 11) is 1.05. The van der Waals surface area contributed by atoms with E-state index in [1.165, 1.54) is 12.1 Å². The number of halogens is 12. The molecular weight excluding hydrogens is 698 g/mol. The van der Waals surface area contributed by atoms with Crippen LogP contribution >= 0.6 is 27.5 Å². The fourth-order valence-electron chi connectivity index (χ4n) is 3.66. The molecule has 6 nitrogen and oxygen atoms in total. The second-order valence-corrected chi connectivity index (χ2v) is 9.54. The largest absolute Gasteiger partial charge is 0.494 e. The number of methoxy groups -OCH3 is 1. The van der Waals surface area contributed by atoms with Gasteiger partial charge in [0.05, 0.1) is 34.6 Å². The van der Waals surface area contributed by atoms with Crippen LogP contribution in [0.15, 0.2) is 53.0 Å². The fraction of sp³-hybridized carbons (Fsp3) is 0.200. The highest BCUT2D eigenvalue weighted by molar-refractivity contribution is 9.10. The maximum absolute atomic E-state index is 14.6. The molecule has 0 aliphatic rings. The molecule has 3 aromatic rings. The third-order valence-electron chi connectivity index (χ3n) is 5.58. The number of carbonyl (C=O) groups excluding carboxylic acids is 2. The van der Waals surface area contributed by atoms with Gasteiger partial charge in [0, 0.05) is 10.0 Å². The molecule has 0 atom stereocenters. The van der Waals surface area contributed by atoms with Crippen LogP contribution in [0.25, 0.3) is 0 Å². The molecule has 0 bridgehead atoms. The summed E-state index contributed by atoms with van der Waals surface area (Å²) in [4.78, 5) is 25.8. The Balaban J connectivity index is 2.05. The van der Waals surface area contributed by atoms with Gasteiger partial charge in [-0.2, -0.15) is 35.1 Å². The Hall–Kier alpha value is -3.73. The Kier molecular flexibility index (Phi) is 9.80. The molecule has 18 heteroatoms. The van der Waals surface area contributed by atoms with E-state index in [2.05, 4.69) is 26.0 Å². The first-order valence-electron chi connectivity index (χ1n) is 11.2. The molecule has 2 N–H and O–H groups in total. The Labute approximate surface area is 248 Å². The molecule has 0 saturated carbocycles. The van der Waals surface area contributed by atoms with Crippen molar-refractivity contribution in [3.05, 3.63) is 80.5 Å². The summed E-state index contributed by atoms with van der Waals surface area (Å²) >= 11 is 8.44. The predicted molar refractivity (Wildman–Crippen MR) is 136 cm³/mol. The van der Waals surface area contributed by atoms with Crippen molar-refractivity contribution in [2.45, 2.75) is 24.6 Å². The maximum atomic E-state index is 14.6. The molecule has 3 aromatic carbocycles. The standard InChI is InChI=1S/C25H14BrClF10N2O4/c1-42-19-13(3-2-4-16(19)38-20(40)12-6-5-11(28)9-15(12)27)21(41)39-18-14(26)7-10(8-17(18)43-22(29)30)23(31,24(32,33)34)25(35,36)37/h2-9,22H,1H3,(H,38,40)(H,39,41). The van der Waals surface area contributed by atoms with E-state index in [1.807, 2.05) is 5.32 Å². The Morgan fingerprint density at radius 2 is 1.49 bits per heavy atom. The summed E-state index contributed by atoms with van der Waals surface area (Å²) in [5, 5.41) is 4.07. The van der Waals surface area contributed by atoms with Gasteiger partial charge in [0.15, 0.2) is 11.5 Å². The molecule has 0 spiro atoms. The van der Waals surface area contributed by atoms with Gasteiger partial charge in [-0.1, -0.05) is 17.7 Å². The summed E-state index contributed by atoms with van der Waals surface area (Å²) in [5.74, 6) is -4.68. The van der Waals surface area contributed by atoms with Gasteiger partial charge in [-0.25, -0.2) is 8.78 Å². The zero-order valence-corrected chi connectivity index (χ0v) is 23.2. The lowest BCUT2D eigenvalue weighted by Gasteiger charge is -2.31. The van der Waals surface area contributed by atoms with Gasteiger partial charge in [-0.15, -0.1) is 0 Å². The minimum atomic E-state index is -6.58. The lowest BCUT2D eigenvalue weighted by Crippen LogP contribution is -2.50. The third kappa shape index (κ3) is 6.92. The monoisotopic (exact) mass is 710 g/mol. The molecule has 0 aliphatic carbocycles. The first kappa shape index (κ1) is 33.8. The summed E-state index contributed by atoms with van der Waals surface area (Å²) in [6, 6.07) is 6.10. The number of para-hydroxylation sites is 1. The van der Waals surface area contributed by atoms with Gasteiger partial charge in [-0.3, -0.25) is 9.59 Å². The summed E-state index contributed by atoms with van der Waals surface area (Å²) in [6.45, 7) is -3.84. The van der Waals surface area contributed by atoms with Crippen molar-refractivity contribution in [3.8, 4) is 11.5 Å². The number of alkyl halides is 9. The zero-order chi connectivity index (χ0) is 32.5. The van der Waals surface area contributed by atoms with Crippen molar-refractivity contribution in [3.63, 3.8) is 0 Å². The number of nitrogens with one attached hydrogen (secondary N) is 2. The van der Waals surface area contributed by atoms with Gasteiger partial charge < -0.3 is 20.1 Å². The molecule has 232 valence electrons. The lowest BCUT2D eigenvalue weighted by molar-refractivity contribution is -0.348. The van der Waals surface area contributed by atoms with Crippen LogP contribution in [0.4, 0.5) is 55.3 Å². The van der Waals surface area contributed by atoms with Crippen LogP contribution < -0.4 is 20.1 Å². The van der Waals surface area contributed by atoms with E-state index in [4.69, 9.17) is 16.3 Å². The van der Waals surface area contributed by atoms with E-state index >= 15 is 0 Å². The van der Waals surface area contributed by atoms with Crippen LogP contribution in [0.3, 0.4) is 0 Å². The highest BCUT2D eigenvalue weighted by atomic mass is 79.9. The summed E-state index contributed by atoms with van der Waals surface area (Å²) in [5.41, 5.74) is -9.87. The Morgan fingerprint density at radius 1 is 0.884 bits per heavy atom. The maximum Gasteiger partial charge on any atom is 0.435 e. The van der Waals surface area contributed by atoms with E-state index in [0.717, 1.165) is 31.4 Å². The molecule has 0 heterocycles. The summed E-state index contributed by atoms with van der Waals surface area (Å²) < 4.78 is 142. The Morgan fingerprint density at radius 3 is 2.02 bits per heavy atom. The van der Waals surface area contributed by atoms with Gasteiger partial charge in [-0.05, 0) is 58.4 Å². The Bertz CT molecular complexity index is 1540. The van der Waals surface area contributed by atoms with Crippen molar-refractivity contribution in [2.75, 3.05) is 17.7 Å². The molecule has 0 saturated heterocycles. The highest BCUT2D eigenvalue weighted by Gasteiger charge is 2.73. The SMILES string of the molecule is COc1c(NC(=O)c2ccc(F)cc2Cl)cccc1C(=O)Nc1c(Br)cc(C(F)(C(F)(F)F)C(F)(F)F)cc1OC(F)F. The molecule has 2 amide bonds. The predicted octanol–water partition coefficient (Wildman–Crippen LogP) is 8.65. The van der Waals surface area contributed by atoms with Crippen LogP contribution in [-0.4, -0.2) is 37.9 Å². The molecule has 0 aromatic heterocycles. The first-order chi connectivity index (χ1) is 19.8. The van der Waals surface area contributed by atoms with Crippen LogP contribution in [0.1, 0.15) is 26.3 Å². The van der Waals surface area contributed by atoms with E-state index in [-0.39, 0.29) is 34.2 Å². The number of benzene rings is 3. The van der Waals surface area contributed by atoms with Crippen molar-refractivity contribution >= 4 is 50.7 Å². The number of rotatable bonds is 8. The first-order valence-corrected chi connectivity index (χ1v) is 12.3. The number of hydrogen-bond acceptors (Lipinski definition) is 4. The van der Waals surface area contributed by atoms with Gasteiger partial charge in [0.2, 0.25) is 0 Å². The van der Waals surface area contributed by atoms with Gasteiger partial charge >= 0.3 is 24.6 Å². The minimum absolute atomic E-state index is 0.0186. The van der Waals surface area contributed by atoms with Crippen LogP contribution in [0, 0.1) is 5.82 Å². The minimum Gasteiger partial charge on any atom is -0.494 e. The molecule has 0 aliphatic heterocycles. The van der Waals surface area contributed by atoms with E-state index < -0.39 is 69.3 Å². The van der Waals surface area contributed by atoms with Crippen molar-refractivity contribution in [1.29, 1.82) is 0 Å². The highest BCUT2D eigenvalue weighted by Crippen LogP contribution is 2.55. The average molecular weight is 712 g/mol. The fourth-order valence-corrected chi connectivity index (χ4v) is 4.45. The molecule has 0 fully saturated rings. The molecule has 0 radical (unpaired) electrons. The van der Waals surface area contributed by atoms with Gasteiger partial charge in [0.1, 0.15) is 5.82 Å². The van der Waals surface area contributed by atoms with Crippen molar-refractivity contribution in [2.24, 2.45) is 0 Å². The molecule has 43 heavy (non-hydrogen) atoms. The number of ether oxygens (including phenoxy) is 2.